The van der Waals surface area contributed by atoms with Crippen LogP contribution in [-0.2, 0) is 0 Å². The van der Waals surface area contributed by atoms with E-state index >= 15 is 0 Å². The Morgan fingerprint density at radius 1 is 1.44 bits per heavy atom. The third-order valence-corrected chi connectivity index (χ3v) is 3.00. The molecule has 0 spiro atoms. The van der Waals surface area contributed by atoms with Gasteiger partial charge in [0.2, 0.25) is 0 Å². The molecule has 1 aliphatic heterocycles. The van der Waals surface area contributed by atoms with Crippen LogP contribution in [0.2, 0.25) is 0 Å². The van der Waals surface area contributed by atoms with E-state index in [-0.39, 0.29) is 0 Å². The van der Waals surface area contributed by atoms with Crippen LogP contribution in [0.15, 0.2) is 0 Å². The molecule has 54 valence electrons. The highest BCUT2D eigenvalue weighted by Gasteiger charge is 2.18. The quantitative estimate of drug-likeness (QED) is 0.552. The summed E-state index contributed by atoms with van der Waals surface area (Å²) in [7, 11) is 0. The molecule has 1 aliphatic rings. The molecule has 1 nitrogen and oxygen atoms in total. The smallest absolute Gasteiger partial charge is 0.00583 e. The van der Waals surface area contributed by atoms with Crippen molar-refractivity contribution in [3.8, 4) is 0 Å². The number of hydrogen-bond donors (Lipinski definition) is 1. The Balaban J connectivity index is 2.36. The molecule has 0 unspecified atom stereocenters. The zero-order valence-electron chi connectivity index (χ0n) is 6.24. The lowest BCUT2D eigenvalue weighted by molar-refractivity contribution is 0.401. The van der Waals surface area contributed by atoms with Gasteiger partial charge in [-0.15, -0.1) is 0 Å². The molecule has 0 bridgehead atoms. The Labute approximate surface area is 61.6 Å². The number of rotatable bonds is 0. The average molecular weight is 145 g/mol. The first kappa shape index (κ1) is 7.42. The molecule has 0 radical (unpaired) electrons. The summed E-state index contributed by atoms with van der Waals surface area (Å²) in [6.07, 6.45) is 0. The highest BCUT2D eigenvalue weighted by atomic mass is 32.2. The molecule has 1 saturated heterocycles. The van der Waals surface area contributed by atoms with Crippen molar-refractivity contribution in [2.24, 2.45) is 5.41 Å². The minimum Gasteiger partial charge on any atom is -0.315 e. The predicted octanol–water partition coefficient (Wildman–Crippen LogP) is 1.35. The lowest BCUT2D eigenvalue weighted by Crippen LogP contribution is -2.29. The maximum absolute atomic E-state index is 3.42. The Kier molecular flexibility index (Phi) is 2.42. The molecule has 9 heavy (non-hydrogen) atoms. The second-order valence-electron chi connectivity index (χ2n) is 3.39. The van der Waals surface area contributed by atoms with Crippen LogP contribution in [0.4, 0.5) is 0 Å². The zero-order chi connectivity index (χ0) is 6.74. The number of hydrogen-bond acceptors (Lipinski definition) is 2. The van der Waals surface area contributed by atoms with E-state index in [1.165, 1.54) is 24.6 Å². The van der Waals surface area contributed by atoms with Crippen molar-refractivity contribution in [3.63, 3.8) is 0 Å². The van der Waals surface area contributed by atoms with Gasteiger partial charge in [0.15, 0.2) is 0 Å². The van der Waals surface area contributed by atoms with Crippen LogP contribution in [0, 0.1) is 5.41 Å². The predicted molar refractivity (Wildman–Crippen MR) is 44.0 cm³/mol. The average Bonchev–Trinajstić information content (AvgIpc) is 1.92. The third kappa shape index (κ3) is 2.59. The van der Waals surface area contributed by atoms with E-state index in [0.717, 1.165) is 0 Å². The van der Waals surface area contributed by atoms with Crippen LogP contribution in [0.3, 0.4) is 0 Å². The molecule has 0 aliphatic carbocycles. The van der Waals surface area contributed by atoms with Crippen LogP contribution in [-0.4, -0.2) is 24.6 Å². The van der Waals surface area contributed by atoms with E-state index in [0.29, 0.717) is 5.41 Å². The second-order valence-corrected chi connectivity index (χ2v) is 4.50. The summed E-state index contributed by atoms with van der Waals surface area (Å²) in [5.41, 5.74) is 0.515. The molecule has 1 N–H and O–H groups in total. The molecule has 1 heterocycles. The van der Waals surface area contributed by atoms with Gasteiger partial charge in [0, 0.05) is 18.8 Å². The van der Waals surface area contributed by atoms with Crippen LogP contribution in [0.25, 0.3) is 0 Å². The van der Waals surface area contributed by atoms with E-state index in [4.69, 9.17) is 0 Å². The second kappa shape index (κ2) is 2.93. The van der Waals surface area contributed by atoms with Crippen molar-refractivity contribution in [1.82, 2.24) is 5.32 Å². The van der Waals surface area contributed by atoms with Gasteiger partial charge in [-0.05, 0) is 11.2 Å². The van der Waals surface area contributed by atoms with E-state index in [1.54, 1.807) is 0 Å². The molecule has 1 fully saturated rings. The summed E-state index contributed by atoms with van der Waals surface area (Å²) >= 11 is 2.06. The van der Waals surface area contributed by atoms with Crippen molar-refractivity contribution in [2.45, 2.75) is 13.8 Å². The molecule has 0 aromatic rings. The van der Waals surface area contributed by atoms with E-state index in [9.17, 15) is 0 Å². The molecule has 0 aromatic heterocycles. The summed E-state index contributed by atoms with van der Waals surface area (Å²) in [5, 5.41) is 3.42. The molecule has 2 heteroatoms. The zero-order valence-corrected chi connectivity index (χ0v) is 7.05. The summed E-state index contributed by atoms with van der Waals surface area (Å²) in [6.45, 7) is 7.00. The van der Waals surface area contributed by atoms with Crippen molar-refractivity contribution < 1.29 is 0 Å². The molecular weight excluding hydrogens is 130 g/mol. The van der Waals surface area contributed by atoms with Crippen molar-refractivity contribution in [3.05, 3.63) is 0 Å². The van der Waals surface area contributed by atoms with Gasteiger partial charge < -0.3 is 5.32 Å². The van der Waals surface area contributed by atoms with Gasteiger partial charge in [-0.3, -0.25) is 0 Å². The van der Waals surface area contributed by atoms with Gasteiger partial charge in [0.05, 0.1) is 0 Å². The van der Waals surface area contributed by atoms with Gasteiger partial charge in [-0.25, -0.2) is 0 Å². The number of thioether (sulfide) groups is 1. The maximum Gasteiger partial charge on any atom is 0.00583 e. The first-order valence-electron chi connectivity index (χ1n) is 3.49. The number of nitrogens with one attached hydrogen (secondary N) is 1. The lowest BCUT2D eigenvalue weighted by Gasteiger charge is -2.20. The topological polar surface area (TPSA) is 12.0 Å². The van der Waals surface area contributed by atoms with Crippen LogP contribution in [0.5, 0.6) is 0 Å². The summed E-state index contributed by atoms with van der Waals surface area (Å²) in [5.74, 6) is 2.59. The van der Waals surface area contributed by atoms with Crippen molar-refractivity contribution in [1.29, 1.82) is 0 Å². The minimum atomic E-state index is 0.515. The Morgan fingerprint density at radius 2 is 2.22 bits per heavy atom. The molecule has 0 atom stereocenters. The monoisotopic (exact) mass is 145 g/mol. The highest BCUT2D eigenvalue weighted by molar-refractivity contribution is 7.99. The fourth-order valence-corrected chi connectivity index (χ4v) is 2.06. The van der Waals surface area contributed by atoms with Gasteiger partial charge in [0.25, 0.3) is 0 Å². The Hall–Kier alpha value is 0.310. The van der Waals surface area contributed by atoms with Gasteiger partial charge >= 0.3 is 0 Å². The maximum atomic E-state index is 3.42. The van der Waals surface area contributed by atoms with Crippen molar-refractivity contribution >= 4 is 11.8 Å². The molecule has 1 rings (SSSR count). The van der Waals surface area contributed by atoms with Crippen LogP contribution < -0.4 is 5.32 Å². The minimum absolute atomic E-state index is 0.515. The van der Waals surface area contributed by atoms with E-state index in [1.807, 2.05) is 0 Å². The highest BCUT2D eigenvalue weighted by Crippen LogP contribution is 2.22. The first-order chi connectivity index (χ1) is 4.21. The fourth-order valence-electron chi connectivity index (χ4n) is 0.971. The van der Waals surface area contributed by atoms with Gasteiger partial charge in [-0.1, -0.05) is 13.8 Å². The van der Waals surface area contributed by atoms with Gasteiger partial charge in [-0.2, -0.15) is 11.8 Å². The van der Waals surface area contributed by atoms with E-state index < -0.39 is 0 Å². The summed E-state index contributed by atoms with van der Waals surface area (Å²) in [6, 6.07) is 0. The SMILES string of the molecule is CC1(C)CNCCSC1. The normalized spacial score (nSPS) is 27.3. The summed E-state index contributed by atoms with van der Waals surface area (Å²) in [4.78, 5) is 0. The third-order valence-electron chi connectivity index (χ3n) is 1.52. The molecule has 0 amide bonds. The van der Waals surface area contributed by atoms with Crippen LogP contribution in [0.1, 0.15) is 13.8 Å². The molecular formula is C7H15NS. The Morgan fingerprint density at radius 3 is 3.00 bits per heavy atom. The van der Waals surface area contributed by atoms with Crippen LogP contribution >= 0.6 is 11.8 Å². The van der Waals surface area contributed by atoms with Crippen molar-refractivity contribution in [2.75, 3.05) is 24.6 Å². The Bertz CT molecular complexity index is 80.9. The fraction of sp³-hybridized carbons (Fsp3) is 1.00. The standard InChI is InChI=1S/C7H15NS/c1-7(2)5-8-3-4-9-6-7/h8H,3-6H2,1-2H3. The molecule has 0 aromatic carbocycles. The first-order valence-corrected chi connectivity index (χ1v) is 4.65. The van der Waals surface area contributed by atoms with Gasteiger partial charge in [0.1, 0.15) is 0 Å². The summed E-state index contributed by atoms with van der Waals surface area (Å²) < 4.78 is 0. The molecule has 0 saturated carbocycles. The largest absolute Gasteiger partial charge is 0.315 e. The lowest BCUT2D eigenvalue weighted by atomic mass is 9.97. The van der Waals surface area contributed by atoms with E-state index in [2.05, 4.69) is 30.9 Å².